The first-order valence-electron chi connectivity index (χ1n) is 6.43. The monoisotopic (exact) mass is 245 g/mol. The average Bonchev–Trinajstić information content (AvgIpc) is 2.83. The molecule has 1 aliphatic heterocycles. The van der Waals surface area contributed by atoms with E-state index in [0.29, 0.717) is 0 Å². The highest BCUT2D eigenvalue weighted by molar-refractivity contribution is 5.91. The van der Waals surface area contributed by atoms with Crippen LogP contribution in [0.3, 0.4) is 0 Å². The number of nitrogens with one attached hydrogen (secondary N) is 1. The molecule has 0 fully saturated rings. The molecule has 0 aliphatic carbocycles. The molecule has 0 saturated heterocycles. The van der Waals surface area contributed by atoms with E-state index in [1.54, 1.807) is 6.08 Å². The molecule has 3 nitrogen and oxygen atoms in total. The van der Waals surface area contributed by atoms with Crippen molar-refractivity contribution in [2.24, 2.45) is 0 Å². The van der Waals surface area contributed by atoms with Gasteiger partial charge in [0.1, 0.15) is 5.75 Å². The van der Waals surface area contributed by atoms with Crippen LogP contribution in [0.15, 0.2) is 24.3 Å². The van der Waals surface area contributed by atoms with Gasteiger partial charge in [0.2, 0.25) is 5.91 Å². The second kappa shape index (κ2) is 5.71. The fraction of sp³-hybridized carbons (Fsp3) is 0.400. The van der Waals surface area contributed by atoms with Crippen molar-refractivity contribution in [3.8, 4) is 5.75 Å². The second-order valence-corrected chi connectivity index (χ2v) is 4.62. The van der Waals surface area contributed by atoms with Gasteiger partial charge in [-0.3, -0.25) is 4.79 Å². The maximum absolute atomic E-state index is 11.6. The molecule has 0 aromatic heterocycles. The summed E-state index contributed by atoms with van der Waals surface area (Å²) in [5.41, 5.74) is 2.26. The van der Waals surface area contributed by atoms with Gasteiger partial charge in [0, 0.05) is 18.5 Å². The smallest absolute Gasteiger partial charge is 0.244 e. The normalized spacial score (nSPS) is 15.2. The van der Waals surface area contributed by atoms with Gasteiger partial charge in [-0.05, 0) is 42.7 Å². The van der Waals surface area contributed by atoms with Gasteiger partial charge in [-0.1, -0.05) is 13.0 Å². The first-order chi connectivity index (χ1) is 8.69. The Morgan fingerprint density at radius 1 is 1.56 bits per heavy atom. The van der Waals surface area contributed by atoms with Crippen molar-refractivity contribution in [2.45, 2.75) is 32.7 Å². The molecule has 1 aromatic rings. The lowest BCUT2D eigenvalue weighted by Crippen LogP contribution is -2.30. The van der Waals surface area contributed by atoms with Gasteiger partial charge >= 0.3 is 0 Å². The van der Waals surface area contributed by atoms with Crippen LogP contribution in [0, 0.1) is 0 Å². The highest BCUT2D eigenvalue weighted by Gasteiger charge is 2.11. The molecule has 3 heteroatoms. The summed E-state index contributed by atoms with van der Waals surface area (Å²) in [7, 11) is 0. The molecule has 1 heterocycles. The number of rotatable bonds is 4. The third kappa shape index (κ3) is 3.13. The second-order valence-electron chi connectivity index (χ2n) is 4.62. The van der Waals surface area contributed by atoms with Crippen LogP contribution in [0.25, 0.3) is 6.08 Å². The summed E-state index contributed by atoms with van der Waals surface area (Å²) in [4.78, 5) is 11.6. The summed E-state index contributed by atoms with van der Waals surface area (Å²) >= 11 is 0. The lowest BCUT2D eigenvalue weighted by atomic mass is 10.1. The summed E-state index contributed by atoms with van der Waals surface area (Å²) in [5.74, 6) is 0.928. The standard InChI is InChI=1S/C15H19NO2/c1-3-11(2)16-15(17)7-5-12-4-6-14-13(10-12)8-9-18-14/h4-7,10-11H,3,8-9H2,1-2H3,(H,16,17)/b7-5+. The zero-order chi connectivity index (χ0) is 13.0. The predicted molar refractivity (Wildman–Crippen MR) is 72.6 cm³/mol. The third-order valence-electron chi connectivity index (χ3n) is 3.14. The topological polar surface area (TPSA) is 38.3 Å². The molecule has 1 amide bonds. The number of amides is 1. The Balaban J connectivity index is 1.98. The lowest BCUT2D eigenvalue weighted by Gasteiger charge is -2.08. The largest absolute Gasteiger partial charge is 0.493 e. The van der Waals surface area contributed by atoms with Crippen molar-refractivity contribution in [1.82, 2.24) is 5.32 Å². The van der Waals surface area contributed by atoms with E-state index >= 15 is 0 Å². The number of fused-ring (bicyclic) bond motifs is 1. The third-order valence-corrected chi connectivity index (χ3v) is 3.14. The Kier molecular flexibility index (Phi) is 4.03. The van der Waals surface area contributed by atoms with E-state index in [4.69, 9.17) is 4.74 Å². The number of hydrogen-bond donors (Lipinski definition) is 1. The van der Waals surface area contributed by atoms with Crippen molar-refractivity contribution in [2.75, 3.05) is 6.61 Å². The van der Waals surface area contributed by atoms with Crippen LogP contribution in [0.5, 0.6) is 5.75 Å². The molecule has 0 saturated carbocycles. The molecule has 0 radical (unpaired) electrons. The van der Waals surface area contributed by atoms with E-state index in [-0.39, 0.29) is 11.9 Å². The predicted octanol–water partition coefficient (Wildman–Crippen LogP) is 2.55. The molecule has 1 unspecified atom stereocenters. The Morgan fingerprint density at radius 2 is 2.39 bits per heavy atom. The molecule has 0 bridgehead atoms. The van der Waals surface area contributed by atoms with Crippen LogP contribution in [-0.2, 0) is 11.2 Å². The molecule has 0 spiro atoms. The number of carbonyl (C=O) groups is 1. The summed E-state index contributed by atoms with van der Waals surface area (Å²) in [6, 6.07) is 6.23. The minimum Gasteiger partial charge on any atom is -0.493 e. The zero-order valence-electron chi connectivity index (χ0n) is 10.9. The fourth-order valence-corrected chi connectivity index (χ4v) is 1.88. The summed E-state index contributed by atoms with van der Waals surface area (Å²) in [6.07, 6.45) is 5.33. The summed E-state index contributed by atoms with van der Waals surface area (Å²) < 4.78 is 5.44. The Morgan fingerprint density at radius 3 is 3.17 bits per heavy atom. The van der Waals surface area contributed by atoms with Gasteiger partial charge in [-0.2, -0.15) is 0 Å². The molecular formula is C15H19NO2. The van der Waals surface area contributed by atoms with Gasteiger partial charge in [0.15, 0.2) is 0 Å². The zero-order valence-corrected chi connectivity index (χ0v) is 10.9. The quantitative estimate of drug-likeness (QED) is 0.828. The molecule has 1 aromatic carbocycles. The van der Waals surface area contributed by atoms with Gasteiger partial charge in [-0.25, -0.2) is 0 Å². The van der Waals surface area contributed by atoms with Gasteiger partial charge in [0.05, 0.1) is 6.61 Å². The van der Waals surface area contributed by atoms with Crippen LogP contribution < -0.4 is 10.1 Å². The Labute approximate surface area is 108 Å². The lowest BCUT2D eigenvalue weighted by molar-refractivity contribution is -0.117. The van der Waals surface area contributed by atoms with Crippen LogP contribution in [0.1, 0.15) is 31.4 Å². The minimum atomic E-state index is -0.0406. The van der Waals surface area contributed by atoms with Crippen LogP contribution in [0.4, 0.5) is 0 Å². The van der Waals surface area contributed by atoms with Gasteiger partial charge in [0.25, 0.3) is 0 Å². The molecule has 96 valence electrons. The number of ether oxygens (including phenoxy) is 1. The van der Waals surface area contributed by atoms with Gasteiger partial charge < -0.3 is 10.1 Å². The maximum Gasteiger partial charge on any atom is 0.244 e. The van der Waals surface area contributed by atoms with Gasteiger partial charge in [-0.15, -0.1) is 0 Å². The van der Waals surface area contributed by atoms with E-state index in [2.05, 4.69) is 18.3 Å². The number of benzene rings is 1. The Hall–Kier alpha value is -1.77. The maximum atomic E-state index is 11.6. The summed E-state index contributed by atoms with van der Waals surface area (Å²) in [6.45, 7) is 4.81. The molecule has 2 rings (SSSR count). The average molecular weight is 245 g/mol. The van der Waals surface area contributed by atoms with Crippen molar-refractivity contribution in [3.63, 3.8) is 0 Å². The van der Waals surface area contributed by atoms with Crippen molar-refractivity contribution >= 4 is 12.0 Å². The first kappa shape index (κ1) is 12.7. The summed E-state index contributed by atoms with van der Waals surface area (Å²) in [5, 5.41) is 2.90. The van der Waals surface area contributed by atoms with E-state index < -0.39 is 0 Å². The van der Waals surface area contributed by atoms with E-state index in [1.165, 1.54) is 5.56 Å². The van der Waals surface area contributed by atoms with E-state index in [1.807, 2.05) is 25.1 Å². The number of carbonyl (C=O) groups excluding carboxylic acids is 1. The highest BCUT2D eigenvalue weighted by Crippen LogP contribution is 2.26. The molecule has 18 heavy (non-hydrogen) atoms. The Bertz CT molecular complexity index is 466. The van der Waals surface area contributed by atoms with Crippen LogP contribution in [-0.4, -0.2) is 18.6 Å². The van der Waals surface area contributed by atoms with Crippen LogP contribution >= 0.6 is 0 Å². The first-order valence-corrected chi connectivity index (χ1v) is 6.43. The number of hydrogen-bond acceptors (Lipinski definition) is 2. The van der Waals surface area contributed by atoms with Crippen molar-refractivity contribution in [3.05, 3.63) is 35.4 Å². The molecule has 1 N–H and O–H groups in total. The van der Waals surface area contributed by atoms with Crippen LogP contribution in [0.2, 0.25) is 0 Å². The van der Waals surface area contributed by atoms with Crippen molar-refractivity contribution in [1.29, 1.82) is 0 Å². The minimum absolute atomic E-state index is 0.0406. The molecule has 1 aliphatic rings. The SMILES string of the molecule is CCC(C)NC(=O)/C=C/c1ccc2c(c1)CCO2. The van der Waals surface area contributed by atoms with E-state index in [0.717, 1.165) is 30.8 Å². The highest BCUT2D eigenvalue weighted by atomic mass is 16.5. The molecular weight excluding hydrogens is 226 g/mol. The van der Waals surface area contributed by atoms with Crippen molar-refractivity contribution < 1.29 is 9.53 Å². The molecule has 1 atom stereocenters. The fourth-order valence-electron chi connectivity index (χ4n) is 1.88. The van der Waals surface area contributed by atoms with E-state index in [9.17, 15) is 4.79 Å².